The molecule has 0 atom stereocenters. The van der Waals surface area contributed by atoms with Crippen molar-refractivity contribution in [2.75, 3.05) is 61.8 Å². The number of rotatable bonds is 15. The zero-order chi connectivity index (χ0) is 53.4. The van der Waals surface area contributed by atoms with Gasteiger partial charge in [0.2, 0.25) is 0 Å². The average Bonchev–Trinajstić information content (AvgIpc) is 4.50. The SMILES string of the molecule is CNc1c(N2CCc3cc(NC(=O)c4sccc4NCc4ccnc5ccccc45)ccc32)c(=O)c1=O.O=C(Nc1ccc2c(c1)CCN2c1c(NC2CCCC2)c(=O)c1=O)c1sccc1NCc1ccnc2ccccc12. The third-order valence-corrected chi connectivity index (χ3v) is 16.7. The van der Waals surface area contributed by atoms with Crippen molar-refractivity contribution >= 4 is 113 Å². The number of pyridine rings is 2. The minimum absolute atomic E-state index is 0.178. The lowest BCUT2D eigenvalue weighted by Gasteiger charge is -2.25. The highest BCUT2D eigenvalue weighted by Crippen LogP contribution is 2.40. The molecule has 0 radical (unpaired) electrons. The summed E-state index contributed by atoms with van der Waals surface area (Å²) in [5.41, 5.74) is 10.8. The van der Waals surface area contributed by atoms with Gasteiger partial charge < -0.3 is 41.7 Å². The van der Waals surface area contributed by atoms with Gasteiger partial charge in [-0.3, -0.25) is 38.7 Å². The first-order chi connectivity index (χ1) is 38.1. The molecule has 390 valence electrons. The second-order valence-corrected chi connectivity index (χ2v) is 21.4. The van der Waals surface area contributed by atoms with Crippen molar-refractivity contribution in [2.24, 2.45) is 0 Å². The Morgan fingerprint density at radius 2 is 1.05 bits per heavy atom. The van der Waals surface area contributed by atoms with Gasteiger partial charge in [0.15, 0.2) is 0 Å². The fourth-order valence-electron chi connectivity index (χ4n) is 11.0. The zero-order valence-electron chi connectivity index (χ0n) is 42.4. The van der Waals surface area contributed by atoms with Gasteiger partial charge in [-0.2, -0.15) is 0 Å². The van der Waals surface area contributed by atoms with Crippen molar-refractivity contribution in [3.8, 4) is 0 Å². The minimum atomic E-state index is -0.479. The number of hydrogen-bond donors (Lipinski definition) is 6. The van der Waals surface area contributed by atoms with E-state index in [1.54, 1.807) is 19.4 Å². The van der Waals surface area contributed by atoms with Gasteiger partial charge >= 0.3 is 0 Å². The number of carbonyl (C=O) groups is 2. The summed E-state index contributed by atoms with van der Waals surface area (Å²) in [5.74, 6) is -0.366. The molecule has 0 bridgehead atoms. The van der Waals surface area contributed by atoms with Gasteiger partial charge in [-0.15, -0.1) is 22.7 Å². The van der Waals surface area contributed by atoms with E-state index in [-0.39, 0.29) is 17.9 Å². The second-order valence-electron chi connectivity index (χ2n) is 19.5. The van der Waals surface area contributed by atoms with Crippen LogP contribution in [0.5, 0.6) is 0 Å². The Labute approximate surface area is 455 Å². The molecular formula is C60H52N10O6S2. The van der Waals surface area contributed by atoms with E-state index in [1.165, 1.54) is 22.7 Å². The topological polar surface area (TPSA) is 207 Å². The molecule has 3 aliphatic rings. The molecule has 0 saturated heterocycles. The number of carbonyl (C=O) groups excluding carboxylic acids is 2. The first-order valence-corrected chi connectivity index (χ1v) is 27.7. The van der Waals surface area contributed by atoms with Gasteiger partial charge in [0.1, 0.15) is 32.5 Å². The molecule has 6 heterocycles. The second kappa shape index (κ2) is 21.2. The quantitative estimate of drug-likeness (QED) is 0.0529. The lowest BCUT2D eigenvalue weighted by atomic mass is 10.1. The largest absolute Gasteiger partial charge is 0.383 e. The summed E-state index contributed by atoms with van der Waals surface area (Å²) in [6, 6.07) is 35.5. The summed E-state index contributed by atoms with van der Waals surface area (Å²) in [6.45, 7) is 2.37. The lowest BCUT2D eigenvalue weighted by molar-refractivity contribution is 0.102. The maximum Gasteiger partial charge on any atom is 0.267 e. The smallest absolute Gasteiger partial charge is 0.267 e. The van der Waals surface area contributed by atoms with Gasteiger partial charge in [0, 0.05) is 85.2 Å². The summed E-state index contributed by atoms with van der Waals surface area (Å²) in [5, 5.41) is 25.0. The molecule has 6 N–H and O–H groups in total. The van der Waals surface area contributed by atoms with Crippen molar-refractivity contribution in [2.45, 2.75) is 57.7 Å². The highest BCUT2D eigenvalue weighted by molar-refractivity contribution is 7.13. The Bertz CT molecular complexity index is 4100. The van der Waals surface area contributed by atoms with E-state index < -0.39 is 21.7 Å². The van der Waals surface area contributed by atoms with Gasteiger partial charge in [0.05, 0.1) is 22.4 Å². The fourth-order valence-corrected chi connectivity index (χ4v) is 12.5. The number of thiophene rings is 2. The molecule has 1 aliphatic carbocycles. The summed E-state index contributed by atoms with van der Waals surface area (Å²) in [7, 11) is 1.64. The number of nitrogens with zero attached hydrogens (tertiary/aromatic N) is 4. The minimum Gasteiger partial charge on any atom is -0.383 e. The Balaban J connectivity index is 0.000000157. The van der Waals surface area contributed by atoms with Crippen molar-refractivity contribution in [3.63, 3.8) is 0 Å². The zero-order valence-corrected chi connectivity index (χ0v) is 44.0. The summed E-state index contributed by atoms with van der Waals surface area (Å²) in [4.78, 5) is 89.2. The molecule has 16 nitrogen and oxygen atoms in total. The molecule has 13 rings (SSSR count). The van der Waals surface area contributed by atoms with E-state index in [1.807, 2.05) is 124 Å². The molecule has 10 aromatic rings. The Morgan fingerprint density at radius 1 is 0.577 bits per heavy atom. The predicted molar refractivity (Wildman–Crippen MR) is 315 cm³/mol. The van der Waals surface area contributed by atoms with E-state index in [9.17, 15) is 28.8 Å². The Kier molecular flexibility index (Phi) is 13.5. The van der Waals surface area contributed by atoms with Gasteiger partial charge in [-0.25, -0.2) is 0 Å². The highest BCUT2D eigenvalue weighted by atomic mass is 32.1. The number of aromatic nitrogens is 2. The molecule has 1 saturated carbocycles. The van der Waals surface area contributed by atoms with Crippen molar-refractivity contribution < 1.29 is 9.59 Å². The summed E-state index contributed by atoms with van der Waals surface area (Å²) < 4.78 is 0. The van der Waals surface area contributed by atoms with E-state index in [0.717, 1.165) is 98.9 Å². The van der Waals surface area contributed by atoms with Crippen LogP contribution in [0.4, 0.5) is 56.9 Å². The van der Waals surface area contributed by atoms with Gasteiger partial charge in [-0.05, 0) is 131 Å². The van der Waals surface area contributed by atoms with Crippen molar-refractivity contribution in [3.05, 3.63) is 205 Å². The maximum atomic E-state index is 13.3. The van der Waals surface area contributed by atoms with Crippen LogP contribution in [0.15, 0.2) is 152 Å². The normalized spacial score (nSPS) is 13.9. The number of para-hydroxylation sites is 2. The number of nitrogens with one attached hydrogen (secondary N) is 6. The van der Waals surface area contributed by atoms with Crippen LogP contribution in [0.3, 0.4) is 0 Å². The molecule has 18 heteroatoms. The van der Waals surface area contributed by atoms with Crippen LogP contribution in [-0.2, 0) is 25.9 Å². The molecule has 2 aliphatic heterocycles. The van der Waals surface area contributed by atoms with Gasteiger partial charge in [0.25, 0.3) is 33.5 Å². The number of fused-ring (bicyclic) bond motifs is 4. The molecule has 6 aromatic carbocycles. The van der Waals surface area contributed by atoms with Crippen molar-refractivity contribution in [1.29, 1.82) is 0 Å². The molecule has 0 unspecified atom stereocenters. The fraction of sp³-hybridized carbons (Fsp3) is 0.200. The molecule has 2 amide bonds. The standard InChI is InChI=1S/C32H29N5O3S.C28H23N5O3S/c38-29-27(35-21-5-1-2-6-21)28(30(29)39)37-15-12-19-17-22(9-10-26(19)37)36-32(40)31-25(13-16-41-31)34-18-20-11-14-33-24-8-4-3-7-23(20)24;1-29-23-24(26(35)25(23)34)33-12-9-16-14-18(6-7-22(16)33)32-28(36)27-21(10-13-37-27)31-15-17-8-11-30-20-5-3-2-4-19(17)20/h3-4,7-11,13-14,16-17,21,34-35H,1-2,5-6,12,15,18H2,(H,36,40);2-8,10-11,13-14,29,31H,9,12,15H2,1H3,(H,32,36). The van der Waals surface area contributed by atoms with Crippen LogP contribution >= 0.6 is 22.7 Å². The number of amides is 2. The molecule has 0 spiro atoms. The van der Waals surface area contributed by atoms with E-state index in [0.29, 0.717) is 76.5 Å². The van der Waals surface area contributed by atoms with Crippen LogP contribution in [-0.4, -0.2) is 48.0 Å². The van der Waals surface area contributed by atoms with Gasteiger partial charge in [-0.1, -0.05) is 49.2 Å². The van der Waals surface area contributed by atoms with Crippen LogP contribution in [0.1, 0.15) is 67.3 Å². The molecule has 78 heavy (non-hydrogen) atoms. The first kappa shape index (κ1) is 49.9. The summed E-state index contributed by atoms with van der Waals surface area (Å²) in [6.07, 6.45) is 9.39. The number of anilines is 10. The third-order valence-electron chi connectivity index (χ3n) is 14.9. The van der Waals surface area contributed by atoms with Crippen LogP contribution in [0.2, 0.25) is 0 Å². The lowest BCUT2D eigenvalue weighted by Crippen LogP contribution is -2.41. The number of hydrogen-bond acceptors (Lipinski definition) is 16. The van der Waals surface area contributed by atoms with Crippen LogP contribution in [0.25, 0.3) is 21.8 Å². The molecule has 4 aromatic heterocycles. The summed E-state index contributed by atoms with van der Waals surface area (Å²) >= 11 is 2.77. The average molecular weight is 1070 g/mol. The monoisotopic (exact) mass is 1070 g/mol. The third kappa shape index (κ3) is 9.42. The van der Waals surface area contributed by atoms with E-state index in [4.69, 9.17) is 0 Å². The molecule has 1 fully saturated rings. The molecular weight excluding hydrogens is 1020 g/mol. The Hall–Kier alpha value is -9.00. The maximum absolute atomic E-state index is 13.3. The highest BCUT2D eigenvalue weighted by Gasteiger charge is 2.34. The van der Waals surface area contributed by atoms with E-state index in [2.05, 4.69) is 47.9 Å². The predicted octanol–water partition coefficient (Wildman–Crippen LogP) is 10.3. The van der Waals surface area contributed by atoms with Crippen LogP contribution < -0.4 is 63.4 Å². The van der Waals surface area contributed by atoms with E-state index >= 15 is 0 Å². The van der Waals surface area contributed by atoms with Crippen LogP contribution in [0, 0.1) is 0 Å². The van der Waals surface area contributed by atoms with Crippen molar-refractivity contribution in [1.82, 2.24) is 9.97 Å². The Morgan fingerprint density at radius 3 is 1.55 bits per heavy atom. The first-order valence-electron chi connectivity index (χ1n) is 25.9. The number of benzene rings is 4.